The number of benzene rings is 1. The lowest BCUT2D eigenvalue weighted by Gasteiger charge is -2.23. The first-order valence-corrected chi connectivity index (χ1v) is 7.31. The number of ether oxygens (including phenoxy) is 1. The Morgan fingerprint density at radius 1 is 1.35 bits per heavy atom. The number of methoxy groups -OCH3 is 1. The van der Waals surface area contributed by atoms with Crippen LogP contribution in [0.5, 0.6) is 5.75 Å². The van der Waals surface area contributed by atoms with Gasteiger partial charge in [0, 0.05) is 24.7 Å². The molecule has 0 atom stereocenters. The molecule has 3 rings (SSSR count). The summed E-state index contributed by atoms with van der Waals surface area (Å²) in [6, 6.07) is 5.81. The van der Waals surface area contributed by atoms with Crippen molar-refractivity contribution in [3.8, 4) is 5.75 Å². The van der Waals surface area contributed by atoms with Gasteiger partial charge in [-0.15, -0.1) is 0 Å². The Hall–Kier alpha value is -1.55. The van der Waals surface area contributed by atoms with Gasteiger partial charge in [0.1, 0.15) is 5.75 Å². The summed E-state index contributed by atoms with van der Waals surface area (Å²) in [7, 11) is 1.64. The van der Waals surface area contributed by atoms with E-state index in [0.29, 0.717) is 11.6 Å². The highest BCUT2D eigenvalue weighted by Crippen LogP contribution is 2.36. The maximum Gasteiger partial charge on any atom is 0.335 e. The van der Waals surface area contributed by atoms with Gasteiger partial charge in [0.25, 0.3) is 0 Å². The standard InChI is InChI=1S/C16H21NO3/c1-20-15-7-4-12(16(18)19)8-13(15)10-17(14-5-6-14)9-11-2-3-11/h4,7-8,11,14H,2-3,5-6,9-10H2,1H3,(H,18,19). The van der Waals surface area contributed by atoms with Crippen LogP contribution in [0.2, 0.25) is 0 Å². The molecule has 2 saturated carbocycles. The molecule has 0 saturated heterocycles. The largest absolute Gasteiger partial charge is 0.496 e. The summed E-state index contributed by atoms with van der Waals surface area (Å²) in [5.74, 6) is 0.759. The molecular weight excluding hydrogens is 254 g/mol. The predicted octanol–water partition coefficient (Wildman–Crippen LogP) is 2.77. The number of aromatic carboxylic acids is 1. The fourth-order valence-electron chi connectivity index (χ4n) is 2.67. The third kappa shape index (κ3) is 3.12. The zero-order chi connectivity index (χ0) is 14.1. The number of hydrogen-bond acceptors (Lipinski definition) is 3. The van der Waals surface area contributed by atoms with Crippen LogP contribution in [-0.2, 0) is 6.54 Å². The van der Waals surface area contributed by atoms with Crippen LogP contribution in [0.1, 0.15) is 41.6 Å². The molecule has 0 aliphatic heterocycles. The van der Waals surface area contributed by atoms with Crippen molar-refractivity contribution < 1.29 is 14.6 Å². The predicted molar refractivity (Wildman–Crippen MR) is 76.1 cm³/mol. The molecule has 20 heavy (non-hydrogen) atoms. The van der Waals surface area contributed by atoms with Gasteiger partial charge < -0.3 is 9.84 Å². The average molecular weight is 275 g/mol. The Morgan fingerprint density at radius 3 is 2.65 bits per heavy atom. The van der Waals surface area contributed by atoms with Crippen molar-refractivity contribution in [3.63, 3.8) is 0 Å². The van der Waals surface area contributed by atoms with Gasteiger partial charge in [0.15, 0.2) is 0 Å². The Bertz CT molecular complexity index is 506. The molecule has 0 radical (unpaired) electrons. The maximum absolute atomic E-state index is 11.1. The smallest absolute Gasteiger partial charge is 0.335 e. The highest BCUT2D eigenvalue weighted by molar-refractivity contribution is 5.88. The van der Waals surface area contributed by atoms with E-state index in [9.17, 15) is 4.79 Å². The van der Waals surface area contributed by atoms with Crippen LogP contribution in [0, 0.1) is 5.92 Å². The van der Waals surface area contributed by atoms with Crippen LogP contribution >= 0.6 is 0 Å². The zero-order valence-electron chi connectivity index (χ0n) is 11.8. The molecule has 0 bridgehead atoms. The summed E-state index contributed by atoms with van der Waals surface area (Å²) in [4.78, 5) is 13.6. The van der Waals surface area contributed by atoms with Gasteiger partial charge in [-0.3, -0.25) is 4.90 Å². The Labute approximate surface area is 119 Å². The van der Waals surface area contributed by atoms with Crippen molar-refractivity contribution in [1.29, 1.82) is 0 Å². The van der Waals surface area contributed by atoms with E-state index in [2.05, 4.69) is 4.90 Å². The van der Waals surface area contributed by atoms with Crippen LogP contribution in [0.4, 0.5) is 0 Å². The summed E-state index contributed by atoms with van der Waals surface area (Å²) >= 11 is 0. The first kappa shape index (κ1) is 13.4. The minimum absolute atomic E-state index is 0.336. The van der Waals surface area contributed by atoms with Crippen LogP contribution in [0.15, 0.2) is 18.2 Å². The van der Waals surface area contributed by atoms with E-state index in [4.69, 9.17) is 9.84 Å². The first-order chi connectivity index (χ1) is 9.67. The SMILES string of the molecule is COc1ccc(C(=O)O)cc1CN(CC1CC1)C1CC1. The summed E-state index contributed by atoms with van der Waals surface area (Å²) < 4.78 is 5.38. The van der Waals surface area contributed by atoms with Crippen molar-refractivity contribution in [2.24, 2.45) is 5.92 Å². The van der Waals surface area contributed by atoms with E-state index < -0.39 is 5.97 Å². The monoisotopic (exact) mass is 275 g/mol. The van der Waals surface area contributed by atoms with E-state index >= 15 is 0 Å². The topological polar surface area (TPSA) is 49.8 Å². The fraction of sp³-hybridized carbons (Fsp3) is 0.562. The molecule has 2 aliphatic carbocycles. The molecule has 2 aliphatic rings. The highest BCUT2D eigenvalue weighted by Gasteiger charge is 2.34. The Morgan fingerprint density at radius 2 is 2.10 bits per heavy atom. The Kier molecular flexibility index (Phi) is 3.66. The number of carboxylic acid groups (broad SMARTS) is 1. The number of carbonyl (C=O) groups is 1. The number of rotatable bonds is 7. The number of nitrogens with zero attached hydrogens (tertiary/aromatic N) is 1. The molecule has 0 amide bonds. The van der Waals surface area contributed by atoms with Crippen LogP contribution in [-0.4, -0.2) is 35.7 Å². The molecule has 4 nitrogen and oxygen atoms in total. The molecule has 1 N–H and O–H groups in total. The highest BCUT2D eigenvalue weighted by atomic mass is 16.5. The minimum Gasteiger partial charge on any atom is -0.496 e. The summed E-state index contributed by atoms with van der Waals surface area (Å²) in [6.45, 7) is 1.94. The second kappa shape index (κ2) is 5.44. The van der Waals surface area contributed by atoms with Gasteiger partial charge in [-0.05, 0) is 49.8 Å². The first-order valence-electron chi connectivity index (χ1n) is 7.31. The molecule has 108 valence electrons. The fourth-order valence-corrected chi connectivity index (χ4v) is 2.67. The van der Waals surface area contributed by atoms with Crippen LogP contribution in [0.3, 0.4) is 0 Å². The maximum atomic E-state index is 11.1. The Balaban J connectivity index is 1.78. The van der Waals surface area contributed by atoms with Crippen molar-refractivity contribution in [2.75, 3.05) is 13.7 Å². The normalized spacial score (nSPS) is 18.3. The van der Waals surface area contributed by atoms with Crippen molar-refractivity contribution >= 4 is 5.97 Å². The van der Waals surface area contributed by atoms with E-state index in [1.807, 2.05) is 0 Å². The van der Waals surface area contributed by atoms with Crippen LogP contribution < -0.4 is 4.74 Å². The van der Waals surface area contributed by atoms with Gasteiger partial charge in [-0.1, -0.05) is 0 Å². The number of carboxylic acids is 1. The van der Waals surface area contributed by atoms with E-state index in [-0.39, 0.29) is 0 Å². The molecule has 0 unspecified atom stereocenters. The molecule has 0 aromatic heterocycles. The molecule has 1 aromatic rings. The average Bonchev–Trinajstić information content (AvgIpc) is 3.30. The molecule has 0 heterocycles. The van der Waals surface area contributed by atoms with Crippen LogP contribution in [0.25, 0.3) is 0 Å². The number of hydrogen-bond donors (Lipinski definition) is 1. The van der Waals surface area contributed by atoms with Crippen molar-refractivity contribution in [3.05, 3.63) is 29.3 Å². The van der Waals surface area contributed by atoms with Gasteiger partial charge in [0.05, 0.1) is 12.7 Å². The lowest BCUT2D eigenvalue weighted by Crippen LogP contribution is -2.28. The van der Waals surface area contributed by atoms with Gasteiger partial charge in [-0.2, -0.15) is 0 Å². The van der Waals surface area contributed by atoms with Gasteiger partial charge in [0.2, 0.25) is 0 Å². The van der Waals surface area contributed by atoms with Crippen molar-refractivity contribution in [2.45, 2.75) is 38.3 Å². The molecule has 0 spiro atoms. The lowest BCUT2D eigenvalue weighted by atomic mass is 10.1. The summed E-state index contributed by atoms with van der Waals surface area (Å²) in [6.07, 6.45) is 5.23. The summed E-state index contributed by atoms with van der Waals surface area (Å²) in [5.41, 5.74) is 1.32. The quantitative estimate of drug-likeness (QED) is 0.831. The molecule has 4 heteroatoms. The molecule has 2 fully saturated rings. The van der Waals surface area contributed by atoms with E-state index in [1.165, 1.54) is 25.7 Å². The minimum atomic E-state index is -0.880. The summed E-state index contributed by atoms with van der Waals surface area (Å²) in [5, 5.41) is 9.13. The lowest BCUT2D eigenvalue weighted by molar-refractivity contribution is 0.0696. The van der Waals surface area contributed by atoms with E-state index in [1.54, 1.807) is 25.3 Å². The van der Waals surface area contributed by atoms with Gasteiger partial charge in [-0.25, -0.2) is 4.79 Å². The zero-order valence-corrected chi connectivity index (χ0v) is 11.8. The molecule has 1 aromatic carbocycles. The van der Waals surface area contributed by atoms with Gasteiger partial charge >= 0.3 is 5.97 Å². The third-order valence-corrected chi connectivity index (χ3v) is 4.15. The second-order valence-electron chi connectivity index (χ2n) is 5.94. The second-order valence-corrected chi connectivity index (χ2v) is 5.94. The van der Waals surface area contributed by atoms with Crippen molar-refractivity contribution in [1.82, 2.24) is 4.90 Å². The molecular formula is C16H21NO3. The van der Waals surface area contributed by atoms with E-state index in [0.717, 1.165) is 30.3 Å². The third-order valence-electron chi connectivity index (χ3n) is 4.15.